The number of alkyl halides is 3. The van der Waals surface area contributed by atoms with Gasteiger partial charge in [-0.05, 0) is 24.3 Å². The number of halogens is 5. The fraction of sp³-hybridized carbons (Fsp3) is 0.0769. The lowest BCUT2D eigenvalue weighted by Gasteiger charge is -2.13. The monoisotopic (exact) mass is 367 g/mol. The summed E-state index contributed by atoms with van der Waals surface area (Å²) in [5.74, 6) is 0. The van der Waals surface area contributed by atoms with Gasteiger partial charge in [0.15, 0.2) is 0 Å². The van der Waals surface area contributed by atoms with Crippen LogP contribution in [0.25, 0.3) is 0 Å². The lowest BCUT2D eigenvalue weighted by atomic mass is 10.2. The first kappa shape index (κ1) is 16.9. The molecule has 22 heavy (non-hydrogen) atoms. The molecule has 0 fully saturated rings. The van der Waals surface area contributed by atoms with Crippen molar-refractivity contribution in [3.63, 3.8) is 0 Å². The maximum Gasteiger partial charge on any atom is 0.417 e. The lowest BCUT2D eigenvalue weighted by Crippen LogP contribution is -2.07. The Kier molecular flexibility index (Phi) is 4.89. The standard InChI is InChI=1S/C13H6Cl2F3NO2S/c14-7-1-3-12(10(15)5-7)22-11-4-2-8(19(20)21)6-9(11)13(16,17)18/h1-6H. The Bertz CT molecular complexity index is 738. The van der Waals surface area contributed by atoms with Crippen LogP contribution in [-0.4, -0.2) is 4.92 Å². The van der Waals surface area contributed by atoms with Crippen LogP contribution in [0.2, 0.25) is 10.0 Å². The van der Waals surface area contributed by atoms with E-state index in [1.807, 2.05) is 0 Å². The Labute approximate surface area is 137 Å². The molecule has 2 aromatic carbocycles. The number of hydrogen-bond acceptors (Lipinski definition) is 3. The summed E-state index contributed by atoms with van der Waals surface area (Å²) in [5.41, 5.74) is -1.71. The Morgan fingerprint density at radius 1 is 1.05 bits per heavy atom. The summed E-state index contributed by atoms with van der Waals surface area (Å²) in [4.78, 5) is 9.95. The van der Waals surface area contributed by atoms with E-state index in [9.17, 15) is 23.3 Å². The van der Waals surface area contributed by atoms with Crippen LogP contribution in [0, 0.1) is 10.1 Å². The number of benzene rings is 2. The molecule has 0 aliphatic carbocycles. The van der Waals surface area contributed by atoms with Gasteiger partial charge in [0.1, 0.15) is 0 Å². The van der Waals surface area contributed by atoms with Crippen molar-refractivity contribution in [1.82, 2.24) is 0 Å². The summed E-state index contributed by atoms with van der Waals surface area (Å²) in [7, 11) is 0. The highest BCUT2D eigenvalue weighted by molar-refractivity contribution is 7.99. The molecule has 0 aromatic heterocycles. The lowest BCUT2D eigenvalue weighted by molar-refractivity contribution is -0.385. The van der Waals surface area contributed by atoms with Gasteiger partial charge in [0.2, 0.25) is 0 Å². The minimum atomic E-state index is -4.72. The van der Waals surface area contributed by atoms with E-state index in [1.54, 1.807) is 0 Å². The van der Waals surface area contributed by atoms with Gasteiger partial charge >= 0.3 is 6.18 Å². The zero-order chi connectivity index (χ0) is 16.5. The van der Waals surface area contributed by atoms with Crippen LogP contribution in [0.4, 0.5) is 18.9 Å². The summed E-state index contributed by atoms with van der Waals surface area (Å²) in [6, 6.07) is 6.96. The molecule has 0 atom stereocenters. The number of nitro benzene ring substituents is 1. The molecule has 3 nitrogen and oxygen atoms in total. The average Bonchev–Trinajstić information content (AvgIpc) is 2.41. The van der Waals surface area contributed by atoms with Crippen molar-refractivity contribution in [3.05, 3.63) is 62.1 Å². The van der Waals surface area contributed by atoms with Gasteiger partial charge in [-0.3, -0.25) is 10.1 Å². The van der Waals surface area contributed by atoms with Crippen molar-refractivity contribution >= 4 is 40.7 Å². The molecule has 0 bridgehead atoms. The second-order valence-electron chi connectivity index (χ2n) is 4.11. The van der Waals surface area contributed by atoms with Crippen molar-refractivity contribution in [2.24, 2.45) is 0 Å². The maximum absolute atomic E-state index is 13.1. The van der Waals surface area contributed by atoms with Crippen LogP contribution in [-0.2, 0) is 6.18 Å². The van der Waals surface area contributed by atoms with Gasteiger partial charge in [-0.1, -0.05) is 35.0 Å². The quantitative estimate of drug-likeness (QED) is 0.488. The van der Waals surface area contributed by atoms with Gasteiger partial charge < -0.3 is 0 Å². The predicted molar refractivity (Wildman–Crippen MR) is 78.7 cm³/mol. The average molecular weight is 368 g/mol. The topological polar surface area (TPSA) is 43.1 Å². The maximum atomic E-state index is 13.1. The smallest absolute Gasteiger partial charge is 0.258 e. The molecule has 0 saturated carbocycles. The predicted octanol–water partition coefficient (Wildman–Crippen LogP) is 6.07. The van der Waals surface area contributed by atoms with Gasteiger partial charge in [-0.2, -0.15) is 13.2 Å². The molecular formula is C13H6Cl2F3NO2S. The molecule has 0 spiro atoms. The van der Waals surface area contributed by atoms with E-state index in [0.717, 1.165) is 23.9 Å². The number of hydrogen-bond donors (Lipinski definition) is 0. The van der Waals surface area contributed by atoms with Crippen LogP contribution in [0.1, 0.15) is 5.56 Å². The molecule has 0 unspecified atom stereocenters. The Morgan fingerprint density at radius 2 is 1.68 bits per heavy atom. The minimum Gasteiger partial charge on any atom is -0.258 e. The minimum absolute atomic E-state index is 0.178. The third kappa shape index (κ3) is 3.85. The van der Waals surface area contributed by atoms with Gasteiger partial charge in [0.25, 0.3) is 5.69 Å². The van der Waals surface area contributed by atoms with E-state index in [4.69, 9.17) is 23.2 Å². The molecule has 9 heteroatoms. The van der Waals surface area contributed by atoms with Crippen molar-refractivity contribution < 1.29 is 18.1 Å². The summed E-state index contributed by atoms with van der Waals surface area (Å²) in [6.45, 7) is 0. The first-order chi connectivity index (χ1) is 10.2. The van der Waals surface area contributed by atoms with E-state index in [2.05, 4.69) is 0 Å². The summed E-state index contributed by atoms with van der Waals surface area (Å²) < 4.78 is 39.2. The van der Waals surface area contributed by atoms with Crippen LogP contribution in [0.3, 0.4) is 0 Å². The zero-order valence-corrected chi connectivity index (χ0v) is 12.9. The molecule has 0 radical (unpaired) electrons. The molecule has 0 saturated heterocycles. The van der Waals surface area contributed by atoms with Gasteiger partial charge in [0, 0.05) is 26.9 Å². The highest BCUT2D eigenvalue weighted by Crippen LogP contribution is 2.43. The molecule has 0 N–H and O–H groups in total. The fourth-order valence-electron chi connectivity index (χ4n) is 1.62. The van der Waals surface area contributed by atoms with E-state index in [1.165, 1.54) is 18.2 Å². The number of nitrogens with zero attached hydrogens (tertiary/aromatic N) is 1. The van der Waals surface area contributed by atoms with E-state index in [0.29, 0.717) is 16.0 Å². The van der Waals surface area contributed by atoms with Crippen LogP contribution in [0.5, 0.6) is 0 Å². The highest BCUT2D eigenvalue weighted by atomic mass is 35.5. The second-order valence-corrected chi connectivity index (χ2v) is 6.04. The van der Waals surface area contributed by atoms with Crippen molar-refractivity contribution in [1.29, 1.82) is 0 Å². The molecule has 2 rings (SSSR count). The highest BCUT2D eigenvalue weighted by Gasteiger charge is 2.35. The van der Waals surface area contributed by atoms with Gasteiger partial charge in [-0.15, -0.1) is 0 Å². The molecule has 116 valence electrons. The summed E-state index contributed by atoms with van der Waals surface area (Å²) in [6.07, 6.45) is -4.72. The first-order valence-electron chi connectivity index (χ1n) is 5.67. The Morgan fingerprint density at radius 3 is 2.23 bits per heavy atom. The third-order valence-corrected chi connectivity index (χ3v) is 4.40. The number of non-ortho nitro benzene ring substituents is 1. The van der Waals surface area contributed by atoms with Crippen molar-refractivity contribution in [2.45, 2.75) is 16.0 Å². The van der Waals surface area contributed by atoms with E-state index < -0.39 is 22.4 Å². The molecule has 0 amide bonds. The van der Waals surface area contributed by atoms with Crippen LogP contribution >= 0.6 is 35.0 Å². The molecular weight excluding hydrogens is 362 g/mol. The third-order valence-electron chi connectivity index (χ3n) is 2.59. The zero-order valence-electron chi connectivity index (χ0n) is 10.5. The van der Waals surface area contributed by atoms with Crippen LogP contribution in [0.15, 0.2) is 46.2 Å². The SMILES string of the molecule is O=[N+]([O-])c1ccc(Sc2ccc(Cl)cc2Cl)c(C(F)(F)F)c1. The van der Waals surface area contributed by atoms with E-state index >= 15 is 0 Å². The van der Waals surface area contributed by atoms with Crippen molar-refractivity contribution in [3.8, 4) is 0 Å². The fourth-order valence-corrected chi connectivity index (χ4v) is 3.09. The first-order valence-corrected chi connectivity index (χ1v) is 7.24. The Hall–Kier alpha value is -1.44. The molecule has 0 aliphatic heterocycles. The van der Waals surface area contributed by atoms with E-state index in [-0.39, 0.29) is 9.92 Å². The second kappa shape index (κ2) is 6.36. The van der Waals surface area contributed by atoms with Crippen LogP contribution < -0.4 is 0 Å². The molecule has 0 heterocycles. The largest absolute Gasteiger partial charge is 0.417 e. The number of rotatable bonds is 3. The summed E-state index contributed by atoms with van der Waals surface area (Å²) >= 11 is 12.4. The number of nitro groups is 1. The van der Waals surface area contributed by atoms with Gasteiger partial charge in [0.05, 0.1) is 15.5 Å². The normalized spacial score (nSPS) is 11.5. The molecule has 2 aromatic rings. The Balaban J connectivity index is 2.48. The summed E-state index contributed by atoms with van der Waals surface area (Å²) in [5, 5.41) is 11.2. The van der Waals surface area contributed by atoms with Gasteiger partial charge in [-0.25, -0.2) is 0 Å². The molecule has 0 aliphatic rings. The van der Waals surface area contributed by atoms with Crippen molar-refractivity contribution in [2.75, 3.05) is 0 Å².